The van der Waals surface area contributed by atoms with Crippen LogP contribution in [0.4, 0.5) is 0 Å². The molecule has 2 aromatic rings. The van der Waals surface area contributed by atoms with Crippen LogP contribution < -0.4 is 0 Å². The van der Waals surface area contributed by atoms with Gasteiger partial charge in [0.2, 0.25) is 5.78 Å². The lowest BCUT2D eigenvalue weighted by molar-refractivity contribution is 0.103. The van der Waals surface area contributed by atoms with Gasteiger partial charge in [-0.15, -0.1) is 22.7 Å². The number of aryl methyl sites for hydroxylation is 1. The zero-order valence-corrected chi connectivity index (χ0v) is 12.4. The third kappa shape index (κ3) is 2.22. The number of hydrogen-bond acceptors (Lipinski definition) is 4. The molecular weight excluding hydrogens is 362 g/mol. The highest BCUT2D eigenvalue weighted by Crippen LogP contribution is 2.31. The number of thiazole rings is 1. The minimum absolute atomic E-state index is 0.0260. The Balaban J connectivity index is 2.41. The number of carbonyl (C=O) groups excluding carboxylic acids is 1. The normalized spacial score (nSPS) is 10.6. The molecule has 0 aromatic carbocycles. The van der Waals surface area contributed by atoms with Gasteiger partial charge in [-0.2, -0.15) is 0 Å². The molecule has 0 radical (unpaired) electrons. The second-order valence-corrected chi connectivity index (χ2v) is 7.41. The molecule has 2 aromatic heterocycles. The smallest absolute Gasteiger partial charge is 0.223 e. The fourth-order valence-corrected chi connectivity index (χ4v) is 3.58. The molecule has 0 fully saturated rings. The van der Waals surface area contributed by atoms with E-state index in [2.05, 4.69) is 36.8 Å². The summed E-state index contributed by atoms with van der Waals surface area (Å²) in [6.45, 7) is 1.97. The topological polar surface area (TPSA) is 30.0 Å². The van der Waals surface area contributed by atoms with Crippen molar-refractivity contribution in [2.24, 2.45) is 0 Å². The molecule has 0 saturated heterocycles. The summed E-state index contributed by atoms with van der Waals surface area (Å²) >= 11 is 9.58. The number of thiophene rings is 1. The Morgan fingerprint density at radius 3 is 2.60 bits per heavy atom. The van der Waals surface area contributed by atoms with E-state index in [1.807, 2.05) is 13.0 Å². The molecule has 0 unspecified atom stereocenters. The maximum atomic E-state index is 12.0. The summed E-state index contributed by atoms with van der Waals surface area (Å²) in [6.07, 6.45) is 0. The van der Waals surface area contributed by atoms with E-state index in [1.54, 1.807) is 5.51 Å². The van der Waals surface area contributed by atoms with E-state index in [9.17, 15) is 4.79 Å². The fraction of sp³-hybridized carbons (Fsp3) is 0.111. The number of hydrogen-bond donors (Lipinski definition) is 0. The Morgan fingerprint density at radius 2 is 2.13 bits per heavy atom. The summed E-state index contributed by atoms with van der Waals surface area (Å²) in [6, 6.07) is 1.88. The largest absolute Gasteiger partial charge is 0.286 e. The summed E-state index contributed by atoms with van der Waals surface area (Å²) < 4.78 is 1.78. The maximum absolute atomic E-state index is 12.0. The molecular formula is C9H5Br2NOS2. The van der Waals surface area contributed by atoms with Crippen LogP contribution >= 0.6 is 54.5 Å². The number of halogens is 2. The number of nitrogens with zero attached hydrogens (tertiary/aromatic N) is 1. The van der Waals surface area contributed by atoms with Gasteiger partial charge in [0.25, 0.3) is 0 Å². The second-order valence-electron chi connectivity index (χ2n) is 2.87. The van der Waals surface area contributed by atoms with Gasteiger partial charge in [0.15, 0.2) is 0 Å². The van der Waals surface area contributed by atoms with Crippen LogP contribution in [0.15, 0.2) is 19.1 Å². The summed E-state index contributed by atoms with van der Waals surface area (Å²) in [7, 11) is 0. The Morgan fingerprint density at radius 1 is 1.40 bits per heavy atom. The Bertz CT molecular complexity index is 498. The average molecular weight is 367 g/mol. The van der Waals surface area contributed by atoms with E-state index in [1.165, 1.54) is 22.7 Å². The lowest BCUT2D eigenvalue weighted by Gasteiger charge is -1.92. The van der Waals surface area contributed by atoms with Gasteiger partial charge < -0.3 is 0 Å². The van der Waals surface area contributed by atoms with Crippen LogP contribution in [0.2, 0.25) is 0 Å². The lowest BCUT2D eigenvalue weighted by Crippen LogP contribution is -1.99. The van der Waals surface area contributed by atoms with Gasteiger partial charge in [0.05, 0.1) is 14.2 Å². The van der Waals surface area contributed by atoms with Gasteiger partial charge in [-0.1, -0.05) is 0 Å². The van der Waals surface area contributed by atoms with Crippen molar-refractivity contribution in [1.29, 1.82) is 0 Å². The number of rotatable bonds is 2. The van der Waals surface area contributed by atoms with Crippen molar-refractivity contribution in [3.8, 4) is 0 Å². The Hall–Kier alpha value is -0.0400. The maximum Gasteiger partial charge on any atom is 0.223 e. The highest BCUT2D eigenvalue weighted by molar-refractivity contribution is 9.11. The molecule has 0 N–H and O–H groups in total. The molecule has 15 heavy (non-hydrogen) atoms. The molecule has 0 spiro atoms. The highest BCUT2D eigenvalue weighted by Gasteiger charge is 2.18. The predicted molar refractivity (Wildman–Crippen MR) is 70.0 cm³/mol. The van der Waals surface area contributed by atoms with Crippen molar-refractivity contribution in [1.82, 2.24) is 4.98 Å². The first-order valence-corrected chi connectivity index (χ1v) is 7.27. The predicted octanol–water partition coefficient (Wildman–Crippen LogP) is 4.27. The minimum atomic E-state index is -0.0260. The van der Waals surface area contributed by atoms with Gasteiger partial charge >= 0.3 is 0 Å². The van der Waals surface area contributed by atoms with Crippen molar-refractivity contribution < 1.29 is 4.79 Å². The number of aromatic nitrogens is 1. The molecule has 2 rings (SSSR count). The lowest BCUT2D eigenvalue weighted by atomic mass is 10.2. The summed E-state index contributed by atoms with van der Waals surface area (Å²) in [5.41, 5.74) is 3.23. The fourth-order valence-electron chi connectivity index (χ4n) is 1.07. The molecule has 0 atom stereocenters. The molecule has 6 heteroatoms. The van der Waals surface area contributed by atoms with Gasteiger partial charge in [0, 0.05) is 0 Å². The molecule has 0 aliphatic rings. The summed E-state index contributed by atoms with van der Waals surface area (Å²) in [5.74, 6) is -0.0260. The summed E-state index contributed by atoms with van der Waals surface area (Å²) in [5, 5.41) is 0. The molecule has 0 aliphatic heterocycles. The monoisotopic (exact) mass is 365 g/mol. The van der Waals surface area contributed by atoms with E-state index in [0.717, 1.165) is 13.1 Å². The highest BCUT2D eigenvalue weighted by atomic mass is 79.9. The molecule has 2 nitrogen and oxygen atoms in total. The minimum Gasteiger partial charge on any atom is -0.286 e. The first-order valence-electron chi connectivity index (χ1n) is 3.99. The Labute approximate surface area is 112 Å². The van der Waals surface area contributed by atoms with E-state index < -0.39 is 0 Å². The molecule has 0 amide bonds. The zero-order valence-electron chi connectivity index (χ0n) is 7.58. The third-order valence-corrected chi connectivity index (χ3v) is 5.50. The first-order chi connectivity index (χ1) is 7.09. The SMILES string of the molecule is Cc1cc(C(=O)c2ncsc2Br)sc1Br. The van der Waals surface area contributed by atoms with Crippen molar-refractivity contribution in [3.05, 3.63) is 35.3 Å². The average Bonchev–Trinajstić information content (AvgIpc) is 2.74. The molecule has 2 heterocycles. The van der Waals surface area contributed by atoms with E-state index in [4.69, 9.17) is 0 Å². The van der Waals surface area contributed by atoms with Crippen LogP contribution in [-0.2, 0) is 0 Å². The molecule has 78 valence electrons. The van der Waals surface area contributed by atoms with E-state index in [0.29, 0.717) is 10.6 Å². The van der Waals surface area contributed by atoms with Crippen LogP contribution in [0, 0.1) is 6.92 Å². The number of carbonyl (C=O) groups is 1. The number of ketones is 1. The second kappa shape index (κ2) is 4.45. The van der Waals surface area contributed by atoms with Crippen LogP contribution in [0.25, 0.3) is 0 Å². The zero-order chi connectivity index (χ0) is 11.0. The van der Waals surface area contributed by atoms with E-state index in [-0.39, 0.29) is 5.78 Å². The van der Waals surface area contributed by atoms with Crippen molar-refractivity contribution >= 4 is 60.3 Å². The standard InChI is InChI=1S/C9H5Br2NOS2/c1-4-2-5(15-8(4)10)7(13)6-9(11)14-3-12-6/h2-3H,1H3. The van der Waals surface area contributed by atoms with Crippen molar-refractivity contribution in [2.75, 3.05) is 0 Å². The molecule has 0 aliphatic carbocycles. The van der Waals surface area contributed by atoms with Crippen LogP contribution in [0.1, 0.15) is 20.9 Å². The van der Waals surface area contributed by atoms with Crippen molar-refractivity contribution in [3.63, 3.8) is 0 Å². The van der Waals surface area contributed by atoms with Gasteiger partial charge in [-0.25, -0.2) is 4.98 Å². The van der Waals surface area contributed by atoms with Crippen LogP contribution in [0.3, 0.4) is 0 Å². The van der Waals surface area contributed by atoms with E-state index >= 15 is 0 Å². The third-order valence-electron chi connectivity index (χ3n) is 1.82. The van der Waals surface area contributed by atoms with Gasteiger partial charge in [-0.3, -0.25) is 4.79 Å². The first kappa shape index (κ1) is 11.4. The van der Waals surface area contributed by atoms with Crippen LogP contribution in [-0.4, -0.2) is 10.8 Å². The summed E-state index contributed by atoms with van der Waals surface area (Å²) in [4.78, 5) is 16.8. The van der Waals surface area contributed by atoms with Crippen molar-refractivity contribution in [2.45, 2.75) is 6.92 Å². The molecule has 0 bridgehead atoms. The van der Waals surface area contributed by atoms with Crippen LogP contribution in [0.5, 0.6) is 0 Å². The van der Waals surface area contributed by atoms with Gasteiger partial charge in [0.1, 0.15) is 9.48 Å². The van der Waals surface area contributed by atoms with Gasteiger partial charge in [-0.05, 0) is 50.4 Å². The Kier molecular flexibility index (Phi) is 3.39. The molecule has 0 saturated carbocycles. The quantitative estimate of drug-likeness (QED) is 0.743.